The monoisotopic (exact) mass is 357 g/mol. The minimum Gasteiger partial charge on any atom is -0.456 e. The third-order valence-electron chi connectivity index (χ3n) is 3.53. The van der Waals surface area contributed by atoms with Crippen LogP contribution in [0.4, 0.5) is 0 Å². The molecule has 0 bridgehead atoms. The fourth-order valence-corrected chi connectivity index (χ4v) is 2.80. The van der Waals surface area contributed by atoms with Crippen molar-refractivity contribution in [1.29, 1.82) is 5.26 Å². The van der Waals surface area contributed by atoms with Gasteiger partial charge in [-0.3, -0.25) is 4.57 Å². The van der Waals surface area contributed by atoms with Crippen molar-refractivity contribution >= 4 is 14.0 Å². The van der Waals surface area contributed by atoms with Gasteiger partial charge in [0.05, 0.1) is 0 Å². The normalized spacial score (nSPS) is 11.1. The Labute approximate surface area is 149 Å². The van der Waals surface area contributed by atoms with Crippen molar-refractivity contribution in [3.8, 4) is 6.07 Å². The number of carbonyl (C=O) groups excluding carboxylic acids is 1. The highest BCUT2D eigenvalue weighted by molar-refractivity contribution is 6.76. The lowest BCUT2D eigenvalue weighted by molar-refractivity contribution is 0.0465. The lowest BCUT2D eigenvalue weighted by atomic mass is 10.2. The van der Waals surface area contributed by atoms with Crippen LogP contribution >= 0.6 is 0 Å². The maximum Gasteiger partial charge on any atom is 0.358 e. The van der Waals surface area contributed by atoms with Crippen LogP contribution in [-0.4, -0.2) is 30.2 Å². The van der Waals surface area contributed by atoms with E-state index in [0.717, 1.165) is 11.6 Å². The standard InChI is InChI=1S/C18H23N3O3Si/c1-25(2,3)10-9-23-14-21-12-16(20-17(21)11-19)18(22)24-13-15-7-5-4-6-8-15/h4-8,12H,9-10,13-14H2,1-3H3. The number of nitrogens with zero attached hydrogens (tertiary/aromatic N) is 3. The Balaban J connectivity index is 1.92. The molecule has 0 aliphatic heterocycles. The molecular weight excluding hydrogens is 334 g/mol. The first kappa shape index (κ1) is 18.9. The van der Waals surface area contributed by atoms with Crippen molar-refractivity contribution in [3.05, 3.63) is 53.6 Å². The number of rotatable bonds is 8. The summed E-state index contributed by atoms with van der Waals surface area (Å²) in [4.78, 5) is 16.1. The van der Waals surface area contributed by atoms with Crippen LogP contribution in [-0.2, 0) is 22.8 Å². The van der Waals surface area contributed by atoms with Crippen molar-refractivity contribution in [3.63, 3.8) is 0 Å². The van der Waals surface area contributed by atoms with Crippen LogP contribution < -0.4 is 0 Å². The van der Waals surface area contributed by atoms with Gasteiger partial charge in [0.15, 0.2) is 5.69 Å². The molecule has 0 unspecified atom stereocenters. The van der Waals surface area contributed by atoms with Crippen molar-refractivity contribution in [1.82, 2.24) is 9.55 Å². The zero-order chi connectivity index (χ0) is 18.3. The zero-order valence-corrected chi connectivity index (χ0v) is 15.9. The van der Waals surface area contributed by atoms with E-state index in [9.17, 15) is 10.1 Å². The summed E-state index contributed by atoms with van der Waals surface area (Å²) >= 11 is 0. The summed E-state index contributed by atoms with van der Waals surface area (Å²) in [6, 6.07) is 12.4. The van der Waals surface area contributed by atoms with E-state index in [2.05, 4.69) is 24.6 Å². The Morgan fingerprint density at radius 2 is 2.00 bits per heavy atom. The average molecular weight is 357 g/mol. The first-order valence-electron chi connectivity index (χ1n) is 8.15. The number of hydrogen-bond donors (Lipinski definition) is 0. The van der Waals surface area contributed by atoms with Gasteiger partial charge >= 0.3 is 5.97 Å². The zero-order valence-electron chi connectivity index (χ0n) is 14.9. The number of hydrogen-bond acceptors (Lipinski definition) is 5. The molecule has 0 atom stereocenters. The topological polar surface area (TPSA) is 77.1 Å². The molecule has 2 rings (SSSR count). The van der Waals surface area contributed by atoms with Gasteiger partial charge in [-0.15, -0.1) is 0 Å². The molecule has 0 N–H and O–H groups in total. The Morgan fingerprint density at radius 3 is 2.64 bits per heavy atom. The number of benzene rings is 1. The van der Waals surface area contributed by atoms with Gasteiger partial charge in [0, 0.05) is 20.9 Å². The van der Waals surface area contributed by atoms with E-state index in [1.165, 1.54) is 10.8 Å². The highest BCUT2D eigenvalue weighted by atomic mass is 28.3. The second-order valence-electron chi connectivity index (χ2n) is 6.94. The van der Waals surface area contributed by atoms with E-state index >= 15 is 0 Å². The lowest BCUT2D eigenvalue weighted by Crippen LogP contribution is -2.22. The molecule has 1 aromatic carbocycles. The van der Waals surface area contributed by atoms with Gasteiger partial charge in [0.1, 0.15) is 19.4 Å². The summed E-state index contributed by atoms with van der Waals surface area (Å²) in [6.45, 7) is 7.82. The second-order valence-corrected chi connectivity index (χ2v) is 12.6. The quantitative estimate of drug-likeness (QED) is 0.411. The van der Waals surface area contributed by atoms with Gasteiger partial charge in [-0.05, 0) is 11.6 Å². The summed E-state index contributed by atoms with van der Waals surface area (Å²) in [6.07, 6.45) is 1.50. The van der Waals surface area contributed by atoms with Gasteiger partial charge in [0.2, 0.25) is 5.82 Å². The molecule has 1 heterocycles. The molecule has 0 fully saturated rings. The van der Waals surface area contributed by atoms with Crippen LogP contribution in [0.5, 0.6) is 0 Å². The molecule has 0 radical (unpaired) electrons. The summed E-state index contributed by atoms with van der Waals surface area (Å²) in [5.74, 6) is -0.416. The van der Waals surface area contributed by atoms with Crippen LogP contribution in [0.25, 0.3) is 0 Å². The average Bonchev–Trinajstić information content (AvgIpc) is 3.00. The Hall–Kier alpha value is -2.43. The minimum absolute atomic E-state index is 0.112. The van der Waals surface area contributed by atoms with Gasteiger partial charge in [-0.1, -0.05) is 50.0 Å². The predicted octanol–water partition coefficient (Wildman–Crippen LogP) is 3.42. The maximum absolute atomic E-state index is 12.1. The predicted molar refractivity (Wildman–Crippen MR) is 96.6 cm³/mol. The molecule has 0 saturated carbocycles. The number of aromatic nitrogens is 2. The van der Waals surface area contributed by atoms with E-state index in [1.54, 1.807) is 0 Å². The fourth-order valence-electron chi connectivity index (χ4n) is 2.04. The molecule has 0 aliphatic carbocycles. The van der Waals surface area contributed by atoms with Crippen molar-refractivity contribution in [2.24, 2.45) is 0 Å². The van der Waals surface area contributed by atoms with Gasteiger partial charge in [-0.25, -0.2) is 9.78 Å². The van der Waals surface area contributed by atoms with E-state index in [1.807, 2.05) is 36.4 Å². The number of nitriles is 1. The van der Waals surface area contributed by atoms with E-state index in [0.29, 0.717) is 6.61 Å². The molecule has 0 saturated heterocycles. The van der Waals surface area contributed by atoms with Crippen LogP contribution in [0.15, 0.2) is 36.5 Å². The molecule has 0 spiro atoms. The SMILES string of the molecule is C[Si](C)(C)CCOCn1cc(C(=O)OCc2ccccc2)nc1C#N. The first-order valence-corrected chi connectivity index (χ1v) is 11.9. The molecule has 132 valence electrons. The Bertz CT molecular complexity index is 745. The van der Waals surface area contributed by atoms with E-state index in [4.69, 9.17) is 9.47 Å². The molecule has 0 aliphatic rings. The van der Waals surface area contributed by atoms with Crippen molar-refractivity contribution in [2.45, 2.75) is 39.0 Å². The van der Waals surface area contributed by atoms with Crippen molar-refractivity contribution < 1.29 is 14.3 Å². The van der Waals surface area contributed by atoms with Crippen LogP contribution in [0, 0.1) is 11.3 Å². The summed E-state index contributed by atoms with van der Waals surface area (Å²) in [7, 11) is -1.16. The highest BCUT2D eigenvalue weighted by Crippen LogP contribution is 2.10. The van der Waals surface area contributed by atoms with Crippen LogP contribution in [0.3, 0.4) is 0 Å². The fraction of sp³-hybridized carbons (Fsp3) is 0.389. The summed E-state index contributed by atoms with van der Waals surface area (Å²) < 4.78 is 12.4. The van der Waals surface area contributed by atoms with Crippen molar-refractivity contribution in [2.75, 3.05) is 6.61 Å². The maximum atomic E-state index is 12.1. The number of esters is 1. The van der Waals surface area contributed by atoms with E-state index in [-0.39, 0.29) is 24.9 Å². The minimum atomic E-state index is -1.16. The first-order chi connectivity index (χ1) is 11.9. The van der Waals surface area contributed by atoms with Gasteiger partial charge in [0.25, 0.3) is 0 Å². The summed E-state index contributed by atoms with van der Waals surface area (Å²) in [5, 5.41) is 9.17. The summed E-state index contributed by atoms with van der Waals surface area (Å²) in [5.41, 5.74) is 1.01. The van der Waals surface area contributed by atoms with Crippen LogP contribution in [0.2, 0.25) is 25.7 Å². The smallest absolute Gasteiger partial charge is 0.358 e. The Kier molecular flexibility index (Phi) is 6.50. The third kappa shape index (κ3) is 6.18. The molecular formula is C18H23N3O3Si. The molecule has 0 amide bonds. The molecule has 2 aromatic rings. The second kappa shape index (κ2) is 8.60. The molecule has 1 aromatic heterocycles. The number of imidazole rings is 1. The molecule has 7 heteroatoms. The van der Waals surface area contributed by atoms with Crippen LogP contribution in [0.1, 0.15) is 21.9 Å². The lowest BCUT2D eigenvalue weighted by Gasteiger charge is -2.15. The molecule has 6 nitrogen and oxygen atoms in total. The largest absolute Gasteiger partial charge is 0.456 e. The molecule has 25 heavy (non-hydrogen) atoms. The van der Waals surface area contributed by atoms with Gasteiger partial charge in [-0.2, -0.15) is 5.26 Å². The third-order valence-corrected chi connectivity index (χ3v) is 5.23. The Morgan fingerprint density at radius 1 is 1.28 bits per heavy atom. The number of ether oxygens (including phenoxy) is 2. The van der Waals surface area contributed by atoms with Gasteiger partial charge < -0.3 is 9.47 Å². The van der Waals surface area contributed by atoms with E-state index < -0.39 is 14.0 Å². The highest BCUT2D eigenvalue weighted by Gasteiger charge is 2.16. The number of carbonyl (C=O) groups is 1.